The minimum atomic E-state index is -4.37. The molecule has 28 heavy (non-hydrogen) atoms. The van der Waals surface area contributed by atoms with E-state index in [9.17, 15) is 23.1 Å². The summed E-state index contributed by atoms with van der Waals surface area (Å²) in [6.07, 6.45) is -5.76. The van der Waals surface area contributed by atoms with Gasteiger partial charge in [-0.05, 0) is 54.4 Å². The van der Waals surface area contributed by atoms with E-state index in [1.165, 1.54) is 12.1 Å². The molecule has 2 aromatic rings. The van der Waals surface area contributed by atoms with Gasteiger partial charge >= 0.3 is 6.18 Å². The van der Waals surface area contributed by atoms with E-state index >= 15 is 0 Å². The normalized spacial score (nSPS) is 13.1. The van der Waals surface area contributed by atoms with Crippen LogP contribution in [0.5, 0.6) is 5.75 Å². The van der Waals surface area contributed by atoms with Crippen molar-refractivity contribution in [2.24, 2.45) is 10.9 Å². The predicted molar refractivity (Wildman–Crippen MR) is 95.6 cm³/mol. The lowest BCUT2D eigenvalue weighted by molar-refractivity contribution is -0.137. The molecule has 9 heteroatoms. The highest BCUT2D eigenvalue weighted by molar-refractivity contribution is 5.98. The van der Waals surface area contributed by atoms with Crippen LogP contribution in [-0.2, 0) is 22.4 Å². The van der Waals surface area contributed by atoms with Gasteiger partial charge < -0.3 is 20.4 Å². The number of carbonyl (C=O) groups is 1. The molecular formula is C19H19F3N2O4. The fourth-order valence-electron chi connectivity index (χ4n) is 2.10. The van der Waals surface area contributed by atoms with E-state index in [1.807, 2.05) is 0 Å². The smallest absolute Gasteiger partial charge is 0.416 e. The number of hydrogen-bond acceptors (Lipinski definition) is 5. The third kappa shape index (κ3) is 6.27. The number of oxime groups is 1. The maximum absolute atomic E-state index is 12.5. The molecule has 1 atom stereocenters. The number of rotatable bonds is 8. The molecule has 0 spiro atoms. The Morgan fingerprint density at radius 1 is 1.14 bits per heavy atom. The summed E-state index contributed by atoms with van der Waals surface area (Å²) in [4.78, 5) is 15.9. The van der Waals surface area contributed by atoms with Gasteiger partial charge in [-0.15, -0.1) is 0 Å². The molecular weight excluding hydrogens is 377 g/mol. The largest absolute Gasteiger partial charge is 0.490 e. The Labute approximate surface area is 159 Å². The lowest BCUT2D eigenvalue weighted by Gasteiger charge is -2.10. The average Bonchev–Trinajstić information content (AvgIpc) is 2.66. The zero-order chi connectivity index (χ0) is 20.7. The summed E-state index contributed by atoms with van der Waals surface area (Å²) in [6.45, 7) is 1.49. The van der Waals surface area contributed by atoms with Crippen LogP contribution in [0.4, 0.5) is 13.2 Å². The molecule has 2 aromatic carbocycles. The Balaban J connectivity index is 1.88. The van der Waals surface area contributed by atoms with Crippen LogP contribution in [0.3, 0.4) is 0 Å². The molecule has 0 aliphatic rings. The van der Waals surface area contributed by atoms with Crippen LogP contribution < -0.4 is 10.5 Å². The van der Waals surface area contributed by atoms with Crippen molar-refractivity contribution in [3.8, 4) is 5.75 Å². The van der Waals surface area contributed by atoms with E-state index in [2.05, 4.69) is 5.16 Å². The first-order chi connectivity index (χ1) is 13.2. The topological polar surface area (TPSA) is 94.1 Å². The SMILES string of the molecule is C/C(=N\OCc1ccc(C(F)(F)F)cc1)c1ccc(OCC(O)C(N)=O)cc1. The van der Waals surface area contributed by atoms with Crippen LogP contribution in [0, 0.1) is 0 Å². The number of hydrogen-bond donors (Lipinski definition) is 2. The first-order valence-corrected chi connectivity index (χ1v) is 8.20. The molecule has 0 fully saturated rings. The Bertz CT molecular complexity index is 819. The molecule has 150 valence electrons. The van der Waals surface area contributed by atoms with Crippen molar-refractivity contribution in [1.29, 1.82) is 0 Å². The van der Waals surface area contributed by atoms with Crippen molar-refractivity contribution < 1.29 is 32.6 Å². The molecule has 0 aliphatic carbocycles. The average molecular weight is 396 g/mol. The van der Waals surface area contributed by atoms with Gasteiger partial charge in [-0.1, -0.05) is 17.3 Å². The van der Waals surface area contributed by atoms with Crippen molar-refractivity contribution in [2.75, 3.05) is 6.61 Å². The first-order valence-electron chi connectivity index (χ1n) is 8.20. The summed E-state index contributed by atoms with van der Waals surface area (Å²) in [5, 5.41) is 13.2. The quantitative estimate of drug-likeness (QED) is 0.530. The van der Waals surface area contributed by atoms with Gasteiger partial charge in [-0.3, -0.25) is 4.79 Å². The second kappa shape index (κ2) is 9.23. The van der Waals surface area contributed by atoms with Crippen molar-refractivity contribution in [1.82, 2.24) is 0 Å². The molecule has 6 nitrogen and oxygen atoms in total. The van der Waals surface area contributed by atoms with Crippen LogP contribution in [-0.4, -0.2) is 29.4 Å². The van der Waals surface area contributed by atoms with E-state index in [1.54, 1.807) is 31.2 Å². The molecule has 1 unspecified atom stereocenters. The highest BCUT2D eigenvalue weighted by Gasteiger charge is 2.29. The number of ether oxygens (including phenoxy) is 1. The molecule has 0 heterocycles. The van der Waals surface area contributed by atoms with Gasteiger partial charge in [0.2, 0.25) is 5.91 Å². The number of amides is 1. The fourth-order valence-corrected chi connectivity index (χ4v) is 2.10. The molecule has 1 amide bonds. The standard InChI is InChI=1S/C19H19F3N2O4/c1-12(14-4-8-16(9-5-14)27-11-17(25)18(23)26)24-28-10-13-2-6-15(7-3-13)19(20,21)22/h2-9,17,25H,10-11H2,1H3,(H2,23,26)/b24-12+. The van der Waals surface area contributed by atoms with E-state index in [-0.39, 0.29) is 13.2 Å². The minimum Gasteiger partial charge on any atom is -0.490 e. The molecule has 0 aromatic heterocycles. The van der Waals surface area contributed by atoms with Crippen LogP contribution in [0.1, 0.15) is 23.6 Å². The van der Waals surface area contributed by atoms with E-state index in [0.29, 0.717) is 17.0 Å². The summed E-state index contributed by atoms with van der Waals surface area (Å²) in [5.74, 6) is -0.438. The van der Waals surface area contributed by atoms with Crippen LogP contribution in [0.15, 0.2) is 53.7 Å². The molecule has 2 rings (SSSR count). The van der Waals surface area contributed by atoms with Crippen LogP contribution in [0.2, 0.25) is 0 Å². The number of halogens is 3. The number of primary amides is 1. The maximum atomic E-state index is 12.5. The Morgan fingerprint density at radius 2 is 1.75 bits per heavy atom. The highest BCUT2D eigenvalue weighted by atomic mass is 19.4. The van der Waals surface area contributed by atoms with Gasteiger partial charge in [0, 0.05) is 0 Å². The second-order valence-corrected chi connectivity index (χ2v) is 5.90. The number of nitrogens with two attached hydrogens (primary N) is 1. The van der Waals surface area contributed by atoms with Crippen molar-refractivity contribution >= 4 is 11.6 Å². The summed E-state index contributed by atoms with van der Waals surface area (Å²) in [7, 11) is 0. The van der Waals surface area contributed by atoms with Gasteiger partial charge in [0.25, 0.3) is 0 Å². The van der Waals surface area contributed by atoms with Gasteiger partial charge in [-0.2, -0.15) is 13.2 Å². The third-order valence-electron chi connectivity index (χ3n) is 3.72. The van der Waals surface area contributed by atoms with Gasteiger partial charge in [0.15, 0.2) is 6.10 Å². The molecule has 0 radical (unpaired) electrons. The minimum absolute atomic E-state index is 0.0294. The maximum Gasteiger partial charge on any atom is 0.416 e. The Morgan fingerprint density at radius 3 is 2.29 bits per heavy atom. The number of aliphatic hydroxyl groups excluding tert-OH is 1. The van der Waals surface area contributed by atoms with Crippen molar-refractivity contribution in [3.05, 3.63) is 65.2 Å². The lowest BCUT2D eigenvalue weighted by Crippen LogP contribution is -2.33. The molecule has 0 saturated carbocycles. The van der Waals surface area contributed by atoms with E-state index in [4.69, 9.17) is 15.3 Å². The van der Waals surface area contributed by atoms with Crippen molar-refractivity contribution in [3.63, 3.8) is 0 Å². The zero-order valence-electron chi connectivity index (χ0n) is 14.9. The highest BCUT2D eigenvalue weighted by Crippen LogP contribution is 2.29. The third-order valence-corrected chi connectivity index (χ3v) is 3.72. The second-order valence-electron chi connectivity index (χ2n) is 5.90. The number of aliphatic hydroxyl groups is 1. The van der Waals surface area contributed by atoms with Gasteiger partial charge in [-0.25, -0.2) is 0 Å². The Hall–Kier alpha value is -3.07. The number of carbonyl (C=O) groups excluding carboxylic acids is 1. The monoisotopic (exact) mass is 396 g/mol. The lowest BCUT2D eigenvalue weighted by atomic mass is 10.1. The van der Waals surface area contributed by atoms with E-state index < -0.39 is 23.8 Å². The summed E-state index contributed by atoms with van der Waals surface area (Å²) < 4.78 is 42.8. The molecule has 3 N–H and O–H groups in total. The first kappa shape index (κ1) is 21.2. The molecule has 0 aliphatic heterocycles. The predicted octanol–water partition coefficient (Wildman–Crippen LogP) is 2.87. The van der Waals surface area contributed by atoms with Gasteiger partial charge in [0.1, 0.15) is 19.0 Å². The van der Waals surface area contributed by atoms with Gasteiger partial charge in [0.05, 0.1) is 11.3 Å². The zero-order valence-corrected chi connectivity index (χ0v) is 14.9. The number of nitrogens with zero attached hydrogens (tertiary/aromatic N) is 1. The van der Waals surface area contributed by atoms with Crippen molar-refractivity contribution in [2.45, 2.75) is 25.8 Å². The number of benzene rings is 2. The Kier molecular flexibility index (Phi) is 7.00. The number of alkyl halides is 3. The van der Waals surface area contributed by atoms with Crippen LogP contribution >= 0.6 is 0 Å². The van der Waals surface area contributed by atoms with E-state index in [0.717, 1.165) is 17.7 Å². The molecule has 0 saturated heterocycles. The summed E-state index contributed by atoms with van der Waals surface area (Å²) in [6, 6.07) is 11.3. The fraction of sp³-hybridized carbons (Fsp3) is 0.263. The molecule has 0 bridgehead atoms. The summed E-state index contributed by atoms with van der Waals surface area (Å²) >= 11 is 0. The van der Waals surface area contributed by atoms with Crippen LogP contribution in [0.25, 0.3) is 0 Å². The summed E-state index contributed by atoms with van der Waals surface area (Å²) in [5.41, 5.74) is 6.05.